The molecule has 9 aromatic carbocycles. The van der Waals surface area contributed by atoms with Gasteiger partial charge in [0.15, 0.2) is 0 Å². The van der Waals surface area contributed by atoms with E-state index in [0.717, 1.165) is 82.4 Å². The summed E-state index contributed by atoms with van der Waals surface area (Å²) in [5.41, 5.74) is 12.6. The van der Waals surface area contributed by atoms with E-state index in [1.54, 1.807) is 0 Å². The molecule has 0 aliphatic rings. The minimum absolute atomic E-state index is 0.638. The van der Waals surface area contributed by atoms with Gasteiger partial charge in [-0.25, -0.2) is 9.97 Å². The molecule has 0 spiro atoms. The fourth-order valence-electron chi connectivity index (χ4n) is 9.46. The first-order valence-electron chi connectivity index (χ1n) is 20.0. The molecule has 5 nitrogen and oxygen atoms in total. The molecule has 0 radical (unpaired) electrons. The van der Waals surface area contributed by atoms with Crippen molar-refractivity contribution in [2.24, 2.45) is 0 Å². The minimum atomic E-state index is 0.638. The Labute approximate surface area is 337 Å². The van der Waals surface area contributed by atoms with Crippen LogP contribution >= 0.6 is 0 Å². The van der Waals surface area contributed by atoms with Crippen molar-refractivity contribution in [1.29, 1.82) is 0 Å². The predicted octanol–water partition coefficient (Wildman–Crippen LogP) is 14.2. The summed E-state index contributed by atoms with van der Waals surface area (Å²) in [6, 6.07) is 69.0. The quantitative estimate of drug-likeness (QED) is 0.180. The van der Waals surface area contributed by atoms with Crippen LogP contribution in [0.15, 0.2) is 199 Å². The van der Waals surface area contributed by atoms with Gasteiger partial charge >= 0.3 is 0 Å². The molecule has 59 heavy (non-hydrogen) atoms. The highest BCUT2D eigenvalue weighted by atomic mass is 16.3. The van der Waals surface area contributed by atoms with E-state index in [1.165, 1.54) is 32.9 Å². The lowest BCUT2D eigenvalue weighted by atomic mass is 9.99. The third-order valence-electron chi connectivity index (χ3n) is 12.1. The second-order valence-electron chi connectivity index (χ2n) is 15.4. The molecule has 0 aliphatic heterocycles. The number of para-hydroxylation sites is 4. The molecule has 13 rings (SSSR count). The van der Waals surface area contributed by atoms with Crippen molar-refractivity contribution in [2.75, 3.05) is 0 Å². The first-order valence-corrected chi connectivity index (χ1v) is 20.0. The topological polar surface area (TPSA) is 48.8 Å². The van der Waals surface area contributed by atoms with E-state index >= 15 is 0 Å². The minimum Gasteiger partial charge on any atom is -0.456 e. The van der Waals surface area contributed by atoms with E-state index in [2.05, 4.69) is 191 Å². The fraction of sp³-hybridized carbons (Fsp3) is 0. The number of hydrogen-bond donors (Lipinski definition) is 0. The Morgan fingerprint density at radius 3 is 1.85 bits per heavy atom. The molecule has 0 atom stereocenters. The van der Waals surface area contributed by atoms with Gasteiger partial charge in [-0.2, -0.15) is 0 Å². The van der Waals surface area contributed by atoms with Crippen LogP contribution in [0.3, 0.4) is 0 Å². The molecule has 0 saturated heterocycles. The van der Waals surface area contributed by atoms with Crippen LogP contribution < -0.4 is 0 Å². The van der Waals surface area contributed by atoms with Crippen molar-refractivity contribution in [3.05, 3.63) is 194 Å². The number of aromatic nitrogens is 4. The summed E-state index contributed by atoms with van der Waals surface area (Å²) in [5, 5.41) is 10.3. The molecular formula is C54H32N4O. The summed E-state index contributed by atoms with van der Waals surface area (Å²) in [4.78, 5) is 10.7. The predicted molar refractivity (Wildman–Crippen MR) is 244 cm³/mol. The molecule has 13 aromatic rings. The average Bonchev–Trinajstić information content (AvgIpc) is 3.96. The average molecular weight is 753 g/mol. The Kier molecular flexibility index (Phi) is 6.66. The zero-order chi connectivity index (χ0) is 38.6. The van der Waals surface area contributed by atoms with Gasteiger partial charge in [-0.1, -0.05) is 127 Å². The molecule has 4 heterocycles. The van der Waals surface area contributed by atoms with Gasteiger partial charge < -0.3 is 8.98 Å². The van der Waals surface area contributed by atoms with E-state index in [4.69, 9.17) is 14.4 Å². The number of rotatable bonds is 4. The molecule has 0 unspecified atom stereocenters. The van der Waals surface area contributed by atoms with Crippen molar-refractivity contribution in [3.8, 4) is 34.0 Å². The normalized spacial score (nSPS) is 12.1. The van der Waals surface area contributed by atoms with Crippen LogP contribution in [0.5, 0.6) is 0 Å². The Morgan fingerprint density at radius 2 is 1.00 bits per heavy atom. The smallest absolute Gasteiger partial charge is 0.235 e. The summed E-state index contributed by atoms with van der Waals surface area (Å²) in [5.74, 6) is 0.638. The lowest BCUT2D eigenvalue weighted by Gasteiger charge is -2.13. The standard InChI is InChI=1S/C54H32N4O/c1-2-12-33(13-3-1)34-23-27-48-43(31-34)39-14-5-9-19-46(39)57(48)37-25-28-49-44(32-37)40-15-6-10-20-47(40)58(49)54-55-45-18-8-4-16-41(45)53(56-54)36-22-26-38-35(30-36)24-29-51-52(38)42-17-7-11-21-50(42)59-51/h1-32H. The largest absolute Gasteiger partial charge is 0.456 e. The van der Waals surface area contributed by atoms with Gasteiger partial charge in [-0.05, 0) is 88.6 Å². The number of benzene rings is 9. The number of hydrogen-bond acceptors (Lipinski definition) is 3. The SMILES string of the molecule is c1ccc(-c2ccc3c(c2)c2ccccc2n3-c2ccc3c(c2)c2ccccc2n3-c2nc(-c3ccc4c(ccc5oc6ccccc6c54)c3)c3ccccc3n2)cc1. The molecule has 0 saturated carbocycles. The first-order chi connectivity index (χ1) is 29.2. The van der Waals surface area contributed by atoms with Gasteiger partial charge in [-0.15, -0.1) is 0 Å². The van der Waals surface area contributed by atoms with Crippen molar-refractivity contribution in [1.82, 2.24) is 19.1 Å². The molecule has 0 bridgehead atoms. The van der Waals surface area contributed by atoms with E-state index < -0.39 is 0 Å². The lowest BCUT2D eigenvalue weighted by Crippen LogP contribution is -2.03. The summed E-state index contributed by atoms with van der Waals surface area (Å²) >= 11 is 0. The second-order valence-corrected chi connectivity index (χ2v) is 15.4. The van der Waals surface area contributed by atoms with Crippen LogP contribution in [0.2, 0.25) is 0 Å². The van der Waals surface area contributed by atoms with Gasteiger partial charge in [0.25, 0.3) is 0 Å². The molecule has 0 fully saturated rings. The van der Waals surface area contributed by atoms with Crippen molar-refractivity contribution in [2.45, 2.75) is 0 Å². The first kappa shape index (κ1) is 32.1. The molecule has 274 valence electrons. The molecule has 0 amide bonds. The lowest BCUT2D eigenvalue weighted by molar-refractivity contribution is 0.669. The number of nitrogens with zero attached hydrogens (tertiary/aromatic N) is 4. The van der Waals surface area contributed by atoms with Gasteiger partial charge in [0.05, 0.1) is 33.3 Å². The van der Waals surface area contributed by atoms with E-state index in [1.807, 2.05) is 12.1 Å². The van der Waals surface area contributed by atoms with Crippen molar-refractivity contribution < 1.29 is 4.42 Å². The summed E-state index contributed by atoms with van der Waals surface area (Å²) in [7, 11) is 0. The maximum atomic E-state index is 6.22. The van der Waals surface area contributed by atoms with Crippen LogP contribution in [0.4, 0.5) is 0 Å². The highest BCUT2D eigenvalue weighted by molar-refractivity contribution is 6.19. The summed E-state index contributed by atoms with van der Waals surface area (Å²) in [6.07, 6.45) is 0. The maximum absolute atomic E-state index is 6.22. The zero-order valence-electron chi connectivity index (χ0n) is 31.7. The Balaban J connectivity index is 1.01. The Bertz CT molecular complexity index is 3850. The molecule has 4 aromatic heterocycles. The van der Waals surface area contributed by atoms with Crippen LogP contribution in [-0.4, -0.2) is 19.1 Å². The number of furan rings is 1. The van der Waals surface area contributed by atoms with Gasteiger partial charge in [-0.3, -0.25) is 4.57 Å². The van der Waals surface area contributed by atoms with E-state index in [-0.39, 0.29) is 0 Å². The molecule has 0 N–H and O–H groups in total. The second kappa shape index (κ2) is 12.2. The van der Waals surface area contributed by atoms with Crippen LogP contribution in [0, 0.1) is 0 Å². The maximum Gasteiger partial charge on any atom is 0.235 e. The Morgan fingerprint density at radius 1 is 0.356 bits per heavy atom. The highest BCUT2D eigenvalue weighted by Crippen LogP contribution is 2.40. The van der Waals surface area contributed by atoms with Gasteiger partial charge in [0.2, 0.25) is 5.95 Å². The third-order valence-corrected chi connectivity index (χ3v) is 12.1. The van der Waals surface area contributed by atoms with Crippen LogP contribution in [0.1, 0.15) is 0 Å². The monoisotopic (exact) mass is 752 g/mol. The van der Waals surface area contributed by atoms with Gasteiger partial charge in [0.1, 0.15) is 11.2 Å². The number of fused-ring (bicyclic) bond motifs is 12. The van der Waals surface area contributed by atoms with Crippen LogP contribution in [0.25, 0.3) is 121 Å². The van der Waals surface area contributed by atoms with Crippen LogP contribution in [-0.2, 0) is 0 Å². The fourth-order valence-corrected chi connectivity index (χ4v) is 9.46. The van der Waals surface area contributed by atoms with Crippen molar-refractivity contribution >= 4 is 87.2 Å². The highest BCUT2D eigenvalue weighted by Gasteiger charge is 2.20. The summed E-state index contributed by atoms with van der Waals surface area (Å²) < 4.78 is 10.8. The van der Waals surface area contributed by atoms with Crippen molar-refractivity contribution in [3.63, 3.8) is 0 Å². The zero-order valence-corrected chi connectivity index (χ0v) is 31.7. The van der Waals surface area contributed by atoms with Gasteiger partial charge in [0, 0.05) is 49.0 Å². The molecule has 5 heteroatoms. The molecule has 0 aliphatic carbocycles. The van der Waals surface area contributed by atoms with E-state index in [9.17, 15) is 0 Å². The third kappa shape index (κ3) is 4.73. The summed E-state index contributed by atoms with van der Waals surface area (Å²) in [6.45, 7) is 0. The van der Waals surface area contributed by atoms with E-state index in [0.29, 0.717) is 5.95 Å². The molecular weight excluding hydrogens is 721 g/mol. The Hall–Kier alpha value is -8.02.